The van der Waals surface area contributed by atoms with Crippen molar-refractivity contribution in [1.29, 1.82) is 0 Å². The second-order valence-electron chi connectivity index (χ2n) is 6.57. The number of hydrogen-bond acceptors (Lipinski definition) is 3. The third-order valence-corrected chi connectivity index (χ3v) is 3.13. The number of carbonyl (C=O) groups excluding carboxylic acids is 3. The molecule has 0 spiro atoms. The first kappa shape index (κ1) is 19.5. The number of amides is 4. The van der Waals surface area contributed by atoms with E-state index in [0.717, 1.165) is 0 Å². The molecule has 1 rings (SSSR count). The fourth-order valence-corrected chi connectivity index (χ4v) is 1.96. The molecule has 0 aliphatic carbocycles. The molecule has 1 atom stereocenters. The third-order valence-electron chi connectivity index (χ3n) is 3.13. The van der Waals surface area contributed by atoms with E-state index in [4.69, 9.17) is 0 Å². The number of rotatable bonds is 5. The standard InChI is InChI=1S/C17H26N4O3/c1-11(15(23)21-17(2,3)4)19-16(24)20-13-9-7-6-8-12(13)10-14(22)18-5/h6-9,11H,10H2,1-5H3,(H,18,22)(H,21,23)(H2,19,20,24). The predicted octanol–water partition coefficient (Wildman–Crippen LogP) is 1.40. The van der Waals surface area contributed by atoms with Gasteiger partial charge in [-0.3, -0.25) is 9.59 Å². The van der Waals surface area contributed by atoms with Crippen molar-refractivity contribution in [2.75, 3.05) is 12.4 Å². The van der Waals surface area contributed by atoms with Gasteiger partial charge in [-0.1, -0.05) is 18.2 Å². The highest BCUT2D eigenvalue weighted by Crippen LogP contribution is 2.15. The van der Waals surface area contributed by atoms with Gasteiger partial charge in [0.2, 0.25) is 11.8 Å². The monoisotopic (exact) mass is 334 g/mol. The zero-order chi connectivity index (χ0) is 18.3. The van der Waals surface area contributed by atoms with Crippen molar-refractivity contribution in [3.05, 3.63) is 29.8 Å². The van der Waals surface area contributed by atoms with Gasteiger partial charge >= 0.3 is 6.03 Å². The maximum atomic E-state index is 12.1. The quantitative estimate of drug-likeness (QED) is 0.655. The molecule has 0 radical (unpaired) electrons. The summed E-state index contributed by atoms with van der Waals surface area (Å²) in [6, 6.07) is 5.84. The van der Waals surface area contributed by atoms with E-state index in [1.54, 1.807) is 38.2 Å². The SMILES string of the molecule is CNC(=O)Cc1ccccc1NC(=O)NC(C)C(=O)NC(C)(C)C. The van der Waals surface area contributed by atoms with Gasteiger partial charge in [0.05, 0.1) is 6.42 Å². The minimum Gasteiger partial charge on any atom is -0.359 e. The van der Waals surface area contributed by atoms with Crippen LogP contribution in [0.25, 0.3) is 0 Å². The normalized spacial score (nSPS) is 12.0. The lowest BCUT2D eigenvalue weighted by molar-refractivity contribution is -0.124. The van der Waals surface area contributed by atoms with Gasteiger partial charge in [0.15, 0.2) is 0 Å². The molecular formula is C17H26N4O3. The first-order chi connectivity index (χ1) is 11.1. The van der Waals surface area contributed by atoms with Crippen LogP contribution >= 0.6 is 0 Å². The van der Waals surface area contributed by atoms with Crippen LogP contribution in [-0.2, 0) is 16.0 Å². The summed E-state index contributed by atoms with van der Waals surface area (Å²) in [5.74, 6) is -0.418. The Hall–Kier alpha value is -2.57. The van der Waals surface area contributed by atoms with Crippen molar-refractivity contribution in [2.45, 2.75) is 45.7 Å². The van der Waals surface area contributed by atoms with E-state index < -0.39 is 12.1 Å². The molecule has 0 fully saturated rings. The van der Waals surface area contributed by atoms with Crippen LogP contribution in [0, 0.1) is 0 Å². The Morgan fingerprint density at radius 1 is 1.12 bits per heavy atom. The largest absolute Gasteiger partial charge is 0.359 e. The van der Waals surface area contributed by atoms with Gasteiger partial charge in [-0.2, -0.15) is 0 Å². The van der Waals surface area contributed by atoms with Crippen LogP contribution in [0.15, 0.2) is 24.3 Å². The molecule has 0 aliphatic rings. The Labute approximate surface area is 142 Å². The Morgan fingerprint density at radius 2 is 1.75 bits per heavy atom. The fourth-order valence-electron chi connectivity index (χ4n) is 1.96. The number of para-hydroxylation sites is 1. The van der Waals surface area contributed by atoms with Crippen molar-refractivity contribution in [3.8, 4) is 0 Å². The number of nitrogens with one attached hydrogen (secondary N) is 4. The summed E-state index contributed by atoms with van der Waals surface area (Å²) in [4.78, 5) is 35.6. The highest BCUT2D eigenvalue weighted by Gasteiger charge is 2.21. The summed E-state index contributed by atoms with van der Waals surface area (Å²) in [5, 5.41) is 10.6. The lowest BCUT2D eigenvalue weighted by Gasteiger charge is -2.23. The van der Waals surface area contributed by atoms with Crippen LogP contribution in [0.1, 0.15) is 33.3 Å². The summed E-state index contributed by atoms with van der Waals surface area (Å²) in [7, 11) is 1.56. The van der Waals surface area contributed by atoms with Crippen LogP contribution < -0.4 is 21.3 Å². The summed E-state index contributed by atoms with van der Waals surface area (Å²) >= 11 is 0. The van der Waals surface area contributed by atoms with E-state index in [0.29, 0.717) is 11.3 Å². The number of hydrogen-bond donors (Lipinski definition) is 4. The van der Waals surface area contributed by atoms with Crippen LogP contribution in [0.3, 0.4) is 0 Å². The number of benzene rings is 1. The molecule has 0 bridgehead atoms. The molecule has 0 heterocycles. The molecular weight excluding hydrogens is 308 g/mol. The number of likely N-dealkylation sites (N-methyl/N-ethyl adjacent to an activating group) is 1. The molecule has 24 heavy (non-hydrogen) atoms. The van der Waals surface area contributed by atoms with Gasteiger partial charge in [0.25, 0.3) is 0 Å². The molecule has 0 aliphatic heterocycles. The maximum Gasteiger partial charge on any atom is 0.319 e. The number of urea groups is 1. The summed E-state index contributed by atoms with van der Waals surface area (Å²) in [5.41, 5.74) is 0.852. The number of carbonyl (C=O) groups is 3. The van der Waals surface area contributed by atoms with Crippen LogP contribution in [-0.4, -0.2) is 36.5 Å². The Balaban J connectivity index is 2.68. The molecule has 0 saturated heterocycles. The van der Waals surface area contributed by atoms with Crippen molar-refractivity contribution in [1.82, 2.24) is 16.0 Å². The van der Waals surface area contributed by atoms with Crippen molar-refractivity contribution >= 4 is 23.5 Å². The predicted molar refractivity (Wildman–Crippen MR) is 93.7 cm³/mol. The molecule has 132 valence electrons. The van der Waals surface area contributed by atoms with Gasteiger partial charge in [-0.15, -0.1) is 0 Å². The van der Waals surface area contributed by atoms with E-state index in [2.05, 4.69) is 21.3 Å². The maximum absolute atomic E-state index is 12.1. The average molecular weight is 334 g/mol. The van der Waals surface area contributed by atoms with Gasteiger partial charge < -0.3 is 21.3 Å². The molecule has 1 aromatic carbocycles. The van der Waals surface area contributed by atoms with Crippen molar-refractivity contribution in [3.63, 3.8) is 0 Å². The van der Waals surface area contributed by atoms with Crippen LogP contribution in [0.2, 0.25) is 0 Å². The zero-order valence-corrected chi connectivity index (χ0v) is 14.8. The van der Waals surface area contributed by atoms with Gasteiger partial charge in [-0.05, 0) is 39.3 Å². The molecule has 0 aromatic heterocycles. The van der Waals surface area contributed by atoms with Gasteiger partial charge in [-0.25, -0.2) is 4.79 Å². The van der Waals surface area contributed by atoms with Gasteiger partial charge in [0, 0.05) is 18.3 Å². The molecule has 7 heteroatoms. The summed E-state index contributed by atoms with van der Waals surface area (Å²) < 4.78 is 0. The lowest BCUT2D eigenvalue weighted by Crippen LogP contribution is -2.51. The molecule has 7 nitrogen and oxygen atoms in total. The molecule has 4 amide bonds. The summed E-state index contributed by atoms with van der Waals surface area (Å²) in [6.07, 6.45) is 0.160. The lowest BCUT2D eigenvalue weighted by atomic mass is 10.1. The highest BCUT2D eigenvalue weighted by molar-refractivity contribution is 5.94. The second-order valence-corrected chi connectivity index (χ2v) is 6.57. The third kappa shape index (κ3) is 6.68. The zero-order valence-electron chi connectivity index (χ0n) is 14.8. The van der Waals surface area contributed by atoms with Crippen molar-refractivity contribution < 1.29 is 14.4 Å². The minimum atomic E-state index is -0.685. The summed E-state index contributed by atoms with van der Waals surface area (Å²) in [6.45, 7) is 7.21. The van der Waals surface area contributed by atoms with E-state index in [-0.39, 0.29) is 23.8 Å². The van der Waals surface area contributed by atoms with Crippen molar-refractivity contribution in [2.24, 2.45) is 0 Å². The van der Waals surface area contributed by atoms with E-state index in [1.165, 1.54) is 0 Å². The molecule has 4 N–H and O–H groups in total. The second kappa shape index (κ2) is 8.33. The van der Waals surface area contributed by atoms with Crippen LogP contribution in [0.4, 0.5) is 10.5 Å². The fraction of sp³-hybridized carbons (Fsp3) is 0.471. The van der Waals surface area contributed by atoms with E-state index >= 15 is 0 Å². The van der Waals surface area contributed by atoms with E-state index in [9.17, 15) is 14.4 Å². The van der Waals surface area contributed by atoms with E-state index in [1.807, 2.05) is 20.8 Å². The Bertz CT molecular complexity index is 608. The first-order valence-electron chi connectivity index (χ1n) is 7.80. The Morgan fingerprint density at radius 3 is 2.33 bits per heavy atom. The number of anilines is 1. The average Bonchev–Trinajstić information content (AvgIpc) is 2.47. The smallest absolute Gasteiger partial charge is 0.319 e. The topological polar surface area (TPSA) is 99.3 Å². The molecule has 1 unspecified atom stereocenters. The first-order valence-corrected chi connectivity index (χ1v) is 7.80. The van der Waals surface area contributed by atoms with Gasteiger partial charge in [0.1, 0.15) is 6.04 Å². The molecule has 0 saturated carbocycles. The minimum absolute atomic E-state index is 0.150. The highest BCUT2D eigenvalue weighted by atomic mass is 16.2. The molecule has 1 aromatic rings. The Kier molecular flexibility index (Phi) is 6.76. The van der Waals surface area contributed by atoms with Crippen LogP contribution in [0.5, 0.6) is 0 Å².